The molecule has 2 aromatic rings. The Hall–Kier alpha value is -2.83. The molecule has 7 nitrogen and oxygen atoms in total. The summed E-state index contributed by atoms with van der Waals surface area (Å²) in [5, 5.41) is 5.49. The number of nitrogens with two attached hydrogens (primary N) is 1. The summed E-state index contributed by atoms with van der Waals surface area (Å²) in [5.74, 6) is 0.219. The minimum atomic E-state index is -0.545. The summed E-state index contributed by atoms with van der Waals surface area (Å²) < 4.78 is 5.63. The molecule has 138 valence electrons. The number of amides is 2. The van der Waals surface area contributed by atoms with Crippen LogP contribution >= 0.6 is 0 Å². The van der Waals surface area contributed by atoms with Crippen molar-refractivity contribution >= 4 is 17.5 Å². The highest BCUT2D eigenvalue weighted by Crippen LogP contribution is 2.27. The number of carbonyl (C=O) groups is 2. The first-order valence-corrected chi connectivity index (χ1v) is 8.92. The van der Waals surface area contributed by atoms with Crippen molar-refractivity contribution in [2.75, 3.05) is 12.8 Å². The van der Waals surface area contributed by atoms with Crippen LogP contribution in [0, 0.1) is 5.92 Å². The number of likely N-dealkylation sites (N-methyl/N-ethyl adjacent to an activating group) is 1. The second kappa shape index (κ2) is 8.03. The summed E-state index contributed by atoms with van der Waals surface area (Å²) in [6, 6.07) is 6.17. The normalized spacial score (nSPS) is 16.0. The molecular formula is C19H24N4O3. The number of aromatic nitrogens is 1. The van der Waals surface area contributed by atoms with Gasteiger partial charge in [0.1, 0.15) is 11.7 Å². The second-order valence-electron chi connectivity index (χ2n) is 6.60. The molecule has 4 N–H and O–H groups in total. The second-order valence-corrected chi connectivity index (χ2v) is 6.60. The lowest BCUT2D eigenvalue weighted by atomic mass is 9.83. The number of pyridine rings is 1. The lowest BCUT2D eigenvalue weighted by Gasteiger charge is -2.29. The molecule has 1 aliphatic carbocycles. The molecule has 26 heavy (non-hydrogen) atoms. The minimum Gasteiger partial charge on any atom is -0.449 e. The van der Waals surface area contributed by atoms with E-state index >= 15 is 0 Å². The molecule has 7 heteroatoms. The van der Waals surface area contributed by atoms with Gasteiger partial charge in [0.25, 0.3) is 5.91 Å². The summed E-state index contributed by atoms with van der Waals surface area (Å²) in [7, 11) is 1.59. The van der Waals surface area contributed by atoms with Gasteiger partial charge in [0.05, 0.1) is 11.9 Å². The van der Waals surface area contributed by atoms with Crippen molar-refractivity contribution in [3.05, 3.63) is 36.2 Å². The summed E-state index contributed by atoms with van der Waals surface area (Å²) in [4.78, 5) is 29.0. The lowest BCUT2D eigenvalue weighted by molar-refractivity contribution is -0.124. The highest BCUT2D eigenvalue weighted by molar-refractivity contribution is 5.96. The fraction of sp³-hybridized carbons (Fsp3) is 0.421. The molecule has 2 heterocycles. The van der Waals surface area contributed by atoms with Gasteiger partial charge in [-0.3, -0.25) is 14.6 Å². The van der Waals surface area contributed by atoms with Crippen molar-refractivity contribution in [3.63, 3.8) is 0 Å². The number of hydrogen-bond acceptors (Lipinski definition) is 5. The van der Waals surface area contributed by atoms with E-state index in [0.717, 1.165) is 25.7 Å². The molecule has 1 atom stereocenters. The van der Waals surface area contributed by atoms with Crippen LogP contribution in [0.15, 0.2) is 34.9 Å². The molecule has 3 rings (SSSR count). The van der Waals surface area contributed by atoms with Crippen LogP contribution in [0.3, 0.4) is 0 Å². The molecule has 2 amide bonds. The monoisotopic (exact) mass is 356 g/mol. The number of nitrogens with zero attached hydrogens (tertiary/aromatic N) is 1. The third-order valence-electron chi connectivity index (χ3n) is 4.81. The van der Waals surface area contributed by atoms with Crippen LogP contribution in [-0.2, 0) is 4.79 Å². The molecule has 0 spiro atoms. The Morgan fingerprint density at radius 3 is 2.62 bits per heavy atom. The van der Waals surface area contributed by atoms with E-state index in [1.807, 2.05) is 0 Å². The van der Waals surface area contributed by atoms with Gasteiger partial charge in [0.15, 0.2) is 11.5 Å². The molecule has 0 aromatic carbocycles. The van der Waals surface area contributed by atoms with Crippen molar-refractivity contribution in [1.29, 1.82) is 0 Å². The zero-order chi connectivity index (χ0) is 18.5. The molecule has 0 aliphatic heterocycles. The summed E-state index contributed by atoms with van der Waals surface area (Å²) in [5.41, 5.74) is 6.78. The van der Waals surface area contributed by atoms with Crippen molar-refractivity contribution in [2.24, 2.45) is 5.92 Å². The minimum absolute atomic E-state index is 0.154. The zero-order valence-electron chi connectivity index (χ0n) is 14.8. The first kappa shape index (κ1) is 18.0. The Kier molecular flexibility index (Phi) is 5.55. The van der Waals surface area contributed by atoms with E-state index in [2.05, 4.69) is 15.6 Å². The van der Waals surface area contributed by atoms with E-state index < -0.39 is 11.9 Å². The van der Waals surface area contributed by atoms with E-state index in [1.54, 1.807) is 31.3 Å². The topological polar surface area (TPSA) is 110 Å². The number of rotatable bonds is 5. The fourth-order valence-electron chi connectivity index (χ4n) is 3.38. The van der Waals surface area contributed by atoms with Gasteiger partial charge < -0.3 is 20.8 Å². The van der Waals surface area contributed by atoms with Gasteiger partial charge in [0, 0.05) is 7.05 Å². The third-order valence-corrected chi connectivity index (χ3v) is 4.81. The van der Waals surface area contributed by atoms with E-state index in [4.69, 9.17) is 10.2 Å². The van der Waals surface area contributed by atoms with Gasteiger partial charge in [-0.15, -0.1) is 0 Å². The van der Waals surface area contributed by atoms with Crippen LogP contribution in [0.5, 0.6) is 0 Å². The Bertz CT molecular complexity index is 763. The van der Waals surface area contributed by atoms with Gasteiger partial charge in [-0.05, 0) is 43.0 Å². The average molecular weight is 356 g/mol. The van der Waals surface area contributed by atoms with Crippen LogP contribution in [0.2, 0.25) is 0 Å². The molecule has 0 bridgehead atoms. The first-order chi connectivity index (χ1) is 12.6. The maximum absolute atomic E-state index is 12.6. The van der Waals surface area contributed by atoms with Crippen LogP contribution in [0.25, 0.3) is 11.5 Å². The number of anilines is 1. The van der Waals surface area contributed by atoms with Gasteiger partial charge >= 0.3 is 0 Å². The maximum atomic E-state index is 12.6. The smallest absolute Gasteiger partial charge is 0.287 e. The fourth-order valence-corrected chi connectivity index (χ4v) is 3.38. The molecular weight excluding hydrogens is 332 g/mol. The zero-order valence-corrected chi connectivity index (χ0v) is 14.8. The molecule has 1 unspecified atom stereocenters. The number of carbonyl (C=O) groups excluding carboxylic acids is 2. The number of hydrogen-bond donors (Lipinski definition) is 3. The highest BCUT2D eigenvalue weighted by atomic mass is 16.4. The number of nitrogens with one attached hydrogen (secondary N) is 2. The third kappa shape index (κ3) is 4.04. The molecule has 0 saturated heterocycles. The SMILES string of the molecule is CNC(=O)C(NC(=O)c1ccc(-c2ccc(N)cn2)o1)C1CCCCC1. The van der Waals surface area contributed by atoms with Crippen LogP contribution in [0.1, 0.15) is 42.7 Å². The van der Waals surface area contributed by atoms with Gasteiger partial charge in [-0.1, -0.05) is 19.3 Å². The van der Waals surface area contributed by atoms with E-state index in [0.29, 0.717) is 17.1 Å². The van der Waals surface area contributed by atoms with E-state index in [9.17, 15) is 9.59 Å². The largest absolute Gasteiger partial charge is 0.449 e. The molecule has 1 fully saturated rings. The highest BCUT2D eigenvalue weighted by Gasteiger charge is 2.31. The van der Waals surface area contributed by atoms with E-state index in [1.165, 1.54) is 12.6 Å². The van der Waals surface area contributed by atoms with Crippen molar-refractivity contribution in [3.8, 4) is 11.5 Å². The standard InChI is InChI=1S/C19H24N4O3/c1-21-19(25)17(12-5-3-2-4-6-12)23-18(24)16-10-9-15(26-16)14-8-7-13(20)11-22-14/h7-12,17H,2-6,20H2,1H3,(H,21,25)(H,23,24). The Balaban J connectivity index is 1.73. The van der Waals surface area contributed by atoms with Crippen LogP contribution in [-0.4, -0.2) is 29.9 Å². The van der Waals surface area contributed by atoms with Gasteiger partial charge in [-0.2, -0.15) is 0 Å². The molecule has 1 saturated carbocycles. The molecule has 1 aliphatic rings. The summed E-state index contributed by atoms with van der Waals surface area (Å²) in [6.45, 7) is 0. The van der Waals surface area contributed by atoms with Crippen LogP contribution in [0.4, 0.5) is 5.69 Å². The molecule has 2 aromatic heterocycles. The predicted molar refractivity (Wildman–Crippen MR) is 98.2 cm³/mol. The van der Waals surface area contributed by atoms with Crippen molar-refractivity contribution in [1.82, 2.24) is 15.6 Å². The predicted octanol–water partition coefficient (Wildman–Crippen LogP) is 2.35. The Morgan fingerprint density at radius 2 is 1.96 bits per heavy atom. The quantitative estimate of drug-likeness (QED) is 0.762. The van der Waals surface area contributed by atoms with Crippen molar-refractivity contribution < 1.29 is 14.0 Å². The number of furan rings is 1. The Morgan fingerprint density at radius 1 is 1.19 bits per heavy atom. The Labute approximate surface area is 152 Å². The first-order valence-electron chi connectivity index (χ1n) is 8.92. The number of nitrogen functional groups attached to an aromatic ring is 1. The maximum Gasteiger partial charge on any atom is 0.287 e. The van der Waals surface area contributed by atoms with E-state index in [-0.39, 0.29) is 17.6 Å². The van der Waals surface area contributed by atoms with Crippen molar-refractivity contribution in [2.45, 2.75) is 38.1 Å². The molecule has 0 radical (unpaired) electrons. The van der Waals surface area contributed by atoms with Crippen LogP contribution < -0.4 is 16.4 Å². The average Bonchev–Trinajstić information content (AvgIpc) is 3.17. The summed E-state index contributed by atoms with van der Waals surface area (Å²) in [6.07, 6.45) is 6.76. The van der Waals surface area contributed by atoms with Gasteiger partial charge in [-0.25, -0.2) is 0 Å². The summed E-state index contributed by atoms with van der Waals surface area (Å²) >= 11 is 0. The lowest BCUT2D eigenvalue weighted by Crippen LogP contribution is -2.50. The van der Waals surface area contributed by atoms with Gasteiger partial charge in [0.2, 0.25) is 5.91 Å².